The number of benzene rings is 1. The van der Waals surface area contributed by atoms with Crippen molar-refractivity contribution < 1.29 is 9.59 Å². The second-order valence-electron chi connectivity index (χ2n) is 3.47. The Morgan fingerprint density at radius 3 is 2.69 bits per heavy atom. The molecule has 4 heteroatoms. The first-order valence-corrected chi connectivity index (χ1v) is 6.08. The predicted molar refractivity (Wildman–Crippen MR) is 66.3 cm³/mol. The molecule has 0 fully saturated rings. The fraction of sp³-hybridized carbons (Fsp3) is 0.333. The second kappa shape index (κ2) is 7.06. The van der Waals surface area contributed by atoms with Crippen LogP contribution in [0.3, 0.4) is 0 Å². The van der Waals surface area contributed by atoms with Crippen molar-refractivity contribution in [2.75, 3.05) is 5.75 Å². The van der Waals surface area contributed by atoms with Gasteiger partial charge < -0.3 is 5.32 Å². The number of hydrogen-bond acceptors (Lipinski definition) is 3. The first-order chi connectivity index (χ1) is 7.72. The Morgan fingerprint density at radius 1 is 1.44 bits per heavy atom. The highest BCUT2D eigenvalue weighted by Gasteiger charge is 2.09. The summed E-state index contributed by atoms with van der Waals surface area (Å²) in [4.78, 5) is 21.3. The summed E-state index contributed by atoms with van der Waals surface area (Å²) >= 11 is 1.24. The molecule has 1 aromatic rings. The topological polar surface area (TPSA) is 46.2 Å². The maximum Gasteiger partial charge on any atom is 0.207 e. The quantitative estimate of drug-likeness (QED) is 0.765. The summed E-state index contributed by atoms with van der Waals surface area (Å²) in [5, 5.41) is 2.81. The van der Waals surface area contributed by atoms with Crippen molar-refractivity contribution in [3.05, 3.63) is 35.9 Å². The number of amides is 1. The minimum Gasteiger partial charge on any atom is -0.355 e. The molecule has 16 heavy (non-hydrogen) atoms. The molecule has 1 aromatic carbocycles. The Kier molecular flexibility index (Phi) is 5.64. The highest BCUT2D eigenvalue weighted by molar-refractivity contribution is 8.13. The maximum atomic E-state index is 10.9. The first kappa shape index (κ1) is 12.8. The summed E-state index contributed by atoms with van der Waals surface area (Å²) in [6.07, 6.45) is 1.44. The van der Waals surface area contributed by atoms with Crippen LogP contribution in [0.25, 0.3) is 0 Å². The van der Waals surface area contributed by atoms with E-state index in [9.17, 15) is 9.59 Å². The maximum absolute atomic E-state index is 10.9. The summed E-state index contributed by atoms with van der Waals surface area (Å²) in [7, 11) is 0. The average molecular weight is 237 g/mol. The molecule has 0 saturated heterocycles. The Balaban J connectivity index is 2.50. The van der Waals surface area contributed by atoms with Crippen molar-refractivity contribution in [1.82, 2.24) is 5.32 Å². The van der Waals surface area contributed by atoms with Gasteiger partial charge in [0, 0.05) is 18.7 Å². The lowest BCUT2D eigenvalue weighted by molar-refractivity contribution is -0.110. The van der Waals surface area contributed by atoms with Gasteiger partial charge in [-0.3, -0.25) is 9.59 Å². The molecule has 0 saturated carbocycles. The van der Waals surface area contributed by atoms with E-state index >= 15 is 0 Å². The van der Waals surface area contributed by atoms with Gasteiger partial charge in [0.05, 0.1) is 0 Å². The molecule has 1 unspecified atom stereocenters. The normalized spacial score (nSPS) is 11.8. The third kappa shape index (κ3) is 4.98. The molecule has 0 aliphatic heterocycles. The zero-order valence-corrected chi connectivity index (χ0v) is 10.00. The number of rotatable bonds is 6. The molecule has 1 atom stereocenters. The van der Waals surface area contributed by atoms with Crippen molar-refractivity contribution in [3.8, 4) is 0 Å². The number of thioether (sulfide) groups is 1. The zero-order valence-electron chi connectivity index (χ0n) is 9.18. The van der Waals surface area contributed by atoms with Crippen LogP contribution in [0.2, 0.25) is 0 Å². The molecule has 0 spiro atoms. The lowest BCUT2D eigenvalue weighted by atomic mass is 10.1. The summed E-state index contributed by atoms with van der Waals surface area (Å²) in [6, 6.07) is 9.91. The van der Waals surface area contributed by atoms with Crippen LogP contribution in [0.5, 0.6) is 0 Å². The van der Waals surface area contributed by atoms with Gasteiger partial charge in [-0.25, -0.2) is 0 Å². The van der Waals surface area contributed by atoms with E-state index in [0.29, 0.717) is 12.2 Å². The Bertz CT molecular complexity index is 340. The van der Waals surface area contributed by atoms with E-state index in [1.807, 2.05) is 30.3 Å². The van der Waals surface area contributed by atoms with Gasteiger partial charge in [0.1, 0.15) is 0 Å². The highest BCUT2D eigenvalue weighted by Crippen LogP contribution is 2.09. The van der Waals surface area contributed by atoms with Crippen molar-refractivity contribution in [1.29, 1.82) is 0 Å². The van der Waals surface area contributed by atoms with E-state index in [1.165, 1.54) is 18.7 Å². The van der Waals surface area contributed by atoms with E-state index in [4.69, 9.17) is 0 Å². The predicted octanol–water partition coefficient (Wildman–Crippen LogP) is 1.62. The fourth-order valence-electron chi connectivity index (χ4n) is 1.38. The van der Waals surface area contributed by atoms with Gasteiger partial charge >= 0.3 is 0 Å². The molecule has 0 bridgehead atoms. The summed E-state index contributed by atoms with van der Waals surface area (Å²) in [6.45, 7) is 1.53. The molecule has 0 radical (unpaired) electrons. The molecule has 1 N–H and O–H groups in total. The SMILES string of the molecule is CC(=O)SCC(Cc1ccccc1)NC=O. The van der Waals surface area contributed by atoms with Gasteiger partial charge in [0.15, 0.2) is 5.12 Å². The first-order valence-electron chi connectivity index (χ1n) is 5.09. The van der Waals surface area contributed by atoms with E-state index in [-0.39, 0.29) is 11.2 Å². The molecule has 1 rings (SSSR count). The summed E-state index contributed by atoms with van der Waals surface area (Å²) < 4.78 is 0. The van der Waals surface area contributed by atoms with Gasteiger partial charge in [-0.2, -0.15) is 0 Å². The van der Waals surface area contributed by atoms with Crippen LogP contribution >= 0.6 is 11.8 Å². The van der Waals surface area contributed by atoms with Crippen LogP contribution in [0.15, 0.2) is 30.3 Å². The van der Waals surface area contributed by atoms with Crippen LogP contribution in [0.4, 0.5) is 0 Å². The second-order valence-corrected chi connectivity index (χ2v) is 4.67. The third-order valence-electron chi connectivity index (χ3n) is 2.12. The molecule has 0 aliphatic rings. The van der Waals surface area contributed by atoms with Crippen molar-refractivity contribution in [2.45, 2.75) is 19.4 Å². The molecule has 0 heterocycles. The van der Waals surface area contributed by atoms with Crippen LogP contribution in [0, 0.1) is 0 Å². The van der Waals surface area contributed by atoms with E-state index in [0.717, 1.165) is 12.0 Å². The number of carbonyl (C=O) groups excluding carboxylic acids is 2. The van der Waals surface area contributed by atoms with Gasteiger partial charge in [0.25, 0.3) is 0 Å². The molecular formula is C12H15NO2S. The van der Waals surface area contributed by atoms with Crippen LogP contribution in [-0.2, 0) is 16.0 Å². The van der Waals surface area contributed by atoms with Crippen molar-refractivity contribution in [3.63, 3.8) is 0 Å². The van der Waals surface area contributed by atoms with E-state index in [1.54, 1.807) is 0 Å². The molecular weight excluding hydrogens is 222 g/mol. The van der Waals surface area contributed by atoms with Gasteiger partial charge in [-0.05, 0) is 12.0 Å². The monoisotopic (exact) mass is 237 g/mol. The number of hydrogen-bond donors (Lipinski definition) is 1. The average Bonchev–Trinajstić information content (AvgIpc) is 2.27. The fourth-order valence-corrected chi connectivity index (χ4v) is 2.03. The lowest BCUT2D eigenvalue weighted by Crippen LogP contribution is -2.32. The standard InChI is InChI=1S/C12H15NO2S/c1-10(15)16-8-12(13-9-14)7-11-5-3-2-4-6-11/h2-6,9,12H,7-8H2,1H3,(H,13,14). The van der Waals surface area contributed by atoms with Crippen LogP contribution in [0.1, 0.15) is 12.5 Å². The third-order valence-corrected chi connectivity index (χ3v) is 3.09. The van der Waals surface area contributed by atoms with E-state index < -0.39 is 0 Å². The molecule has 0 aromatic heterocycles. The van der Waals surface area contributed by atoms with Gasteiger partial charge in [-0.15, -0.1) is 0 Å². The van der Waals surface area contributed by atoms with Crippen LogP contribution < -0.4 is 5.32 Å². The largest absolute Gasteiger partial charge is 0.355 e. The lowest BCUT2D eigenvalue weighted by Gasteiger charge is -2.14. The van der Waals surface area contributed by atoms with Gasteiger partial charge in [-0.1, -0.05) is 42.1 Å². The van der Waals surface area contributed by atoms with Crippen molar-refractivity contribution >= 4 is 23.3 Å². The van der Waals surface area contributed by atoms with Crippen LogP contribution in [-0.4, -0.2) is 23.3 Å². The highest BCUT2D eigenvalue weighted by atomic mass is 32.2. The Hall–Kier alpha value is -1.29. The van der Waals surface area contributed by atoms with Crippen molar-refractivity contribution in [2.24, 2.45) is 0 Å². The number of nitrogens with one attached hydrogen (secondary N) is 1. The van der Waals surface area contributed by atoms with Gasteiger partial charge in [0.2, 0.25) is 6.41 Å². The smallest absolute Gasteiger partial charge is 0.207 e. The minimum atomic E-state index is 0.00815. The molecule has 86 valence electrons. The molecule has 0 aliphatic carbocycles. The number of carbonyl (C=O) groups is 2. The zero-order chi connectivity index (χ0) is 11.8. The summed E-state index contributed by atoms with van der Waals surface area (Å²) in [5.74, 6) is 0.614. The molecule has 1 amide bonds. The minimum absolute atomic E-state index is 0.00815. The Labute approximate surface area is 99.6 Å². The molecule has 3 nitrogen and oxygen atoms in total. The van der Waals surface area contributed by atoms with E-state index in [2.05, 4.69) is 5.32 Å². The summed E-state index contributed by atoms with van der Waals surface area (Å²) in [5.41, 5.74) is 1.16. The Morgan fingerprint density at radius 2 is 2.12 bits per heavy atom.